The molecule has 2 aliphatic rings. The molecule has 1 saturated carbocycles. The average molecular weight is 300 g/mol. The van der Waals surface area contributed by atoms with Crippen molar-refractivity contribution in [3.63, 3.8) is 0 Å². The molecule has 0 N–H and O–H groups in total. The molecular weight excluding hydrogens is 286 g/mol. The van der Waals surface area contributed by atoms with Crippen LogP contribution in [0.2, 0.25) is 0 Å². The lowest BCUT2D eigenvalue weighted by molar-refractivity contribution is -0.145. The SMILES string of the molecule is O=C(OS(=O)[O-])C1CCCCC1CN1C(=O)C=CC1=O. The Bertz CT molecular complexity index is 470. The van der Waals surface area contributed by atoms with Crippen molar-refractivity contribution in [3.05, 3.63) is 12.2 Å². The van der Waals surface area contributed by atoms with Crippen molar-refractivity contribution in [1.29, 1.82) is 0 Å². The van der Waals surface area contributed by atoms with E-state index in [4.69, 9.17) is 0 Å². The van der Waals surface area contributed by atoms with Gasteiger partial charge in [0.1, 0.15) is 11.4 Å². The maximum absolute atomic E-state index is 11.7. The maximum atomic E-state index is 11.7. The minimum atomic E-state index is -2.89. The summed E-state index contributed by atoms with van der Waals surface area (Å²) in [5, 5.41) is 0. The van der Waals surface area contributed by atoms with Gasteiger partial charge >= 0.3 is 5.97 Å². The molecule has 2 amide bonds. The first-order valence-corrected chi connectivity index (χ1v) is 7.34. The summed E-state index contributed by atoms with van der Waals surface area (Å²) in [5.41, 5.74) is 0. The van der Waals surface area contributed by atoms with Gasteiger partial charge in [-0.05, 0) is 18.8 Å². The van der Waals surface area contributed by atoms with E-state index in [1.54, 1.807) is 0 Å². The lowest BCUT2D eigenvalue weighted by Crippen LogP contribution is -2.40. The Morgan fingerprint density at radius 1 is 1.30 bits per heavy atom. The molecule has 110 valence electrons. The molecule has 0 bridgehead atoms. The largest absolute Gasteiger partial charge is 0.740 e. The van der Waals surface area contributed by atoms with Crippen molar-refractivity contribution in [2.75, 3.05) is 6.54 Å². The molecule has 1 heterocycles. The Morgan fingerprint density at radius 2 is 1.90 bits per heavy atom. The van der Waals surface area contributed by atoms with Crippen molar-refractivity contribution < 1.29 is 27.3 Å². The normalized spacial score (nSPS) is 27.8. The van der Waals surface area contributed by atoms with Crippen LogP contribution < -0.4 is 0 Å². The third-order valence-electron chi connectivity index (χ3n) is 3.68. The van der Waals surface area contributed by atoms with E-state index in [0.717, 1.165) is 17.7 Å². The zero-order valence-corrected chi connectivity index (χ0v) is 11.5. The number of carbonyl (C=O) groups is 3. The zero-order valence-electron chi connectivity index (χ0n) is 10.6. The van der Waals surface area contributed by atoms with Gasteiger partial charge in [0.15, 0.2) is 0 Å². The molecule has 1 aliphatic heterocycles. The summed E-state index contributed by atoms with van der Waals surface area (Å²) >= 11 is -2.89. The summed E-state index contributed by atoms with van der Waals surface area (Å²) in [7, 11) is 0. The number of imide groups is 1. The van der Waals surface area contributed by atoms with Crippen molar-refractivity contribution >= 4 is 29.1 Å². The summed E-state index contributed by atoms with van der Waals surface area (Å²) in [5.74, 6) is -2.47. The molecular formula is C12H14NO6S-. The van der Waals surface area contributed by atoms with E-state index in [9.17, 15) is 23.1 Å². The van der Waals surface area contributed by atoms with E-state index in [1.165, 1.54) is 12.2 Å². The Kier molecular flexibility index (Phi) is 4.66. The number of hydrogen-bond acceptors (Lipinski definition) is 6. The van der Waals surface area contributed by atoms with Crippen molar-refractivity contribution in [2.45, 2.75) is 25.7 Å². The number of rotatable bonds is 4. The molecule has 20 heavy (non-hydrogen) atoms. The molecule has 3 atom stereocenters. The Morgan fingerprint density at radius 3 is 2.50 bits per heavy atom. The highest BCUT2D eigenvalue weighted by Gasteiger charge is 2.36. The predicted octanol–water partition coefficient (Wildman–Crippen LogP) is 0.0551. The molecule has 0 aromatic heterocycles. The second kappa shape index (κ2) is 6.27. The summed E-state index contributed by atoms with van der Waals surface area (Å²) in [6.45, 7) is 0.121. The smallest absolute Gasteiger partial charge is 0.322 e. The van der Waals surface area contributed by atoms with Crippen LogP contribution in [0.3, 0.4) is 0 Å². The molecule has 0 spiro atoms. The molecule has 0 radical (unpaired) electrons. The van der Waals surface area contributed by atoms with Gasteiger partial charge in [0.25, 0.3) is 11.8 Å². The molecule has 0 saturated heterocycles. The van der Waals surface area contributed by atoms with E-state index in [0.29, 0.717) is 12.8 Å². The molecule has 2 rings (SSSR count). The fraction of sp³-hybridized carbons (Fsp3) is 0.583. The summed E-state index contributed by atoms with van der Waals surface area (Å²) in [6.07, 6.45) is 5.20. The first-order valence-electron chi connectivity index (χ1n) is 6.34. The Labute approximate surface area is 118 Å². The number of carbonyl (C=O) groups excluding carboxylic acids is 3. The van der Waals surface area contributed by atoms with Gasteiger partial charge in [0.05, 0.1) is 5.92 Å². The molecule has 0 aromatic rings. The van der Waals surface area contributed by atoms with Gasteiger partial charge in [-0.3, -0.25) is 19.3 Å². The summed E-state index contributed by atoms with van der Waals surface area (Å²) < 4.78 is 25.1. The first kappa shape index (κ1) is 14.9. The van der Waals surface area contributed by atoms with Crippen LogP contribution in [0.25, 0.3) is 0 Å². The number of amides is 2. The fourth-order valence-electron chi connectivity index (χ4n) is 2.71. The number of nitrogens with zero attached hydrogens (tertiary/aromatic N) is 1. The topological polar surface area (TPSA) is 104 Å². The van der Waals surface area contributed by atoms with Gasteiger partial charge in [-0.25, -0.2) is 4.21 Å². The van der Waals surface area contributed by atoms with Crippen LogP contribution in [-0.2, 0) is 29.9 Å². The standard InChI is InChI=1S/C12H15NO6S/c14-10-5-6-11(15)13(10)7-8-3-1-2-4-9(8)12(16)19-20(17)18/h5-6,8-9H,1-4,7H2,(H,17,18)/p-1. The highest BCUT2D eigenvalue weighted by molar-refractivity contribution is 7.74. The van der Waals surface area contributed by atoms with E-state index in [2.05, 4.69) is 4.18 Å². The minimum Gasteiger partial charge on any atom is -0.740 e. The molecule has 1 fully saturated rings. The minimum absolute atomic E-state index is 0.121. The van der Waals surface area contributed by atoms with Crippen LogP contribution in [0.15, 0.2) is 12.2 Å². The second-order valence-corrected chi connectivity index (χ2v) is 5.45. The second-order valence-electron chi connectivity index (χ2n) is 4.88. The summed E-state index contributed by atoms with van der Waals surface area (Å²) in [6, 6.07) is 0. The molecule has 8 heteroatoms. The molecule has 3 unspecified atom stereocenters. The van der Waals surface area contributed by atoms with E-state index >= 15 is 0 Å². The van der Waals surface area contributed by atoms with Crippen LogP contribution in [0.5, 0.6) is 0 Å². The average Bonchev–Trinajstić information content (AvgIpc) is 2.70. The van der Waals surface area contributed by atoms with Gasteiger partial charge in [0, 0.05) is 18.7 Å². The third kappa shape index (κ3) is 3.31. The van der Waals surface area contributed by atoms with Crippen molar-refractivity contribution in [2.24, 2.45) is 11.8 Å². The van der Waals surface area contributed by atoms with E-state index in [-0.39, 0.29) is 12.5 Å². The monoisotopic (exact) mass is 300 g/mol. The van der Waals surface area contributed by atoms with Gasteiger partial charge in [-0.15, -0.1) is 0 Å². The van der Waals surface area contributed by atoms with Crippen LogP contribution in [0.4, 0.5) is 0 Å². The van der Waals surface area contributed by atoms with Crippen molar-refractivity contribution in [3.8, 4) is 0 Å². The molecule has 7 nitrogen and oxygen atoms in total. The lowest BCUT2D eigenvalue weighted by Gasteiger charge is -2.32. The maximum Gasteiger partial charge on any atom is 0.322 e. The highest BCUT2D eigenvalue weighted by Crippen LogP contribution is 2.32. The predicted molar refractivity (Wildman–Crippen MR) is 66.3 cm³/mol. The first-order chi connectivity index (χ1) is 9.49. The lowest BCUT2D eigenvalue weighted by atomic mass is 9.79. The Balaban J connectivity index is 2.03. The van der Waals surface area contributed by atoms with Gasteiger partial charge in [0.2, 0.25) is 0 Å². The van der Waals surface area contributed by atoms with Crippen LogP contribution in [0.1, 0.15) is 25.7 Å². The van der Waals surface area contributed by atoms with E-state index < -0.39 is 35.1 Å². The van der Waals surface area contributed by atoms with Gasteiger partial charge < -0.3 is 8.74 Å². The quantitative estimate of drug-likeness (QED) is 0.537. The Hall–Kier alpha value is -1.54. The zero-order chi connectivity index (χ0) is 14.7. The highest BCUT2D eigenvalue weighted by atomic mass is 32.2. The van der Waals surface area contributed by atoms with Gasteiger partial charge in [-0.1, -0.05) is 12.8 Å². The number of hydrogen-bond donors (Lipinski definition) is 0. The van der Waals surface area contributed by atoms with Gasteiger partial charge in [-0.2, -0.15) is 0 Å². The summed E-state index contributed by atoms with van der Waals surface area (Å²) in [4.78, 5) is 35.8. The fourth-order valence-corrected chi connectivity index (χ4v) is 2.97. The molecule has 1 aliphatic carbocycles. The van der Waals surface area contributed by atoms with Crippen LogP contribution in [0, 0.1) is 11.8 Å². The van der Waals surface area contributed by atoms with Crippen molar-refractivity contribution in [1.82, 2.24) is 4.90 Å². The van der Waals surface area contributed by atoms with Crippen LogP contribution >= 0.6 is 0 Å². The third-order valence-corrected chi connectivity index (χ3v) is 3.98. The molecule has 0 aromatic carbocycles. The van der Waals surface area contributed by atoms with E-state index in [1.807, 2.05) is 0 Å². The van der Waals surface area contributed by atoms with Crippen LogP contribution in [-0.4, -0.2) is 38.0 Å².